The van der Waals surface area contributed by atoms with E-state index in [1.165, 1.54) is 0 Å². The topological polar surface area (TPSA) is 91.7 Å². The minimum Gasteiger partial charge on any atom is -0.481 e. The van der Waals surface area contributed by atoms with Gasteiger partial charge in [0.25, 0.3) is 0 Å². The van der Waals surface area contributed by atoms with Crippen LogP contribution in [0.5, 0.6) is 0 Å². The van der Waals surface area contributed by atoms with Crippen LogP contribution in [0, 0.1) is 0 Å². The van der Waals surface area contributed by atoms with Crippen molar-refractivity contribution in [2.24, 2.45) is 0 Å². The van der Waals surface area contributed by atoms with Gasteiger partial charge in [-0.3, -0.25) is 14.4 Å². The fourth-order valence-electron chi connectivity index (χ4n) is 0.503. The number of ketones is 1. The predicted molar refractivity (Wildman–Crippen MR) is 34.1 cm³/mol. The van der Waals surface area contributed by atoms with Gasteiger partial charge in [0.2, 0.25) is 0 Å². The Kier molecular flexibility index (Phi) is 3.87. The molecule has 2 N–H and O–H groups in total. The summed E-state index contributed by atoms with van der Waals surface area (Å²) in [5, 5.41) is 16.2. The molecule has 0 heterocycles. The number of rotatable bonds is 5. The van der Waals surface area contributed by atoms with Gasteiger partial charge in [-0.15, -0.1) is 0 Å². The summed E-state index contributed by atoms with van der Waals surface area (Å²) in [7, 11) is 0. The molecule has 0 aromatic carbocycles. The van der Waals surface area contributed by atoms with Crippen LogP contribution in [-0.2, 0) is 14.4 Å². The summed E-state index contributed by atoms with van der Waals surface area (Å²) < 4.78 is 0. The summed E-state index contributed by atoms with van der Waals surface area (Å²) in [5.74, 6) is -2.87. The lowest BCUT2D eigenvalue weighted by Crippen LogP contribution is -2.08. The van der Waals surface area contributed by atoms with E-state index in [0.717, 1.165) is 0 Å². The van der Waals surface area contributed by atoms with Gasteiger partial charge in [0, 0.05) is 6.42 Å². The Hall–Kier alpha value is -1.39. The lowest BCUT2D eigenvalue weighted by Gasteiger charge is -1.92. The van der Waals surface area contributed by atoms with Crippen molar-refractivity contribution in [2.75, 3.05) is 0 Å². The fourth-order valence-corrected chi connectivity index (χ4v) is 0.503. The van der Waals surface area contributed by atoms with Crippen LogP contribution in [0.4, 0.5) is 0 Å². The predicted octanol–water partition coefficient (Wildman–Crippen LogP) is -0.105. The number of aliphatic carboxylic acids is 2. The number of Topliss-reactive ketones (excluding diaryl/α,β-unsaturated/α-hetero) is 1. The number of carbonyl (C=O) groups excluding carboxylic acids is 1. The molecular weight excluding hydrogens is 152 g/mol. The highest BCUT2D eigenvalue weighted by Crippen LogP contribution is 1.94. The van der Waals surface area contributed by atoms with E-state index in [4.69, 9.17) is 10.2 Å². The summed E-state index contributed by atoms with van der Waals surface area (Å²) in [4.78, 5) is 30.3. The molecule has 0 radical (unpaired) electrons. The minimum absolute atomic E-state index is 0.207. The van der Waals surface area contributed by atoms with Crippen LogP contribution in [0.3, 0.4) is 0 Å². The molecule has 0 aromatic rings. The molecule has 0 aliphatic heterocycles. The molecule has 0 aromatic heterocycles. The minimum atomic E-state index is -1.22. The Morgan fingerprint density at radius 3 is 1.82 bits per heavy atom. The molecule has 0 spiro atoms. The molecule has 0 atom stereocenters. The number of carbonyl (C=O) groups is 3. The van der Waals surface area contributed by atoms with Gasteiger partial charge >= 0.3 is 11.9 Å². The lowest BCUT2D eigenvalue weighted by molar-refractivity contribution is -0.142. The zero-order chi connectivity index (χ0) is 8.85. The van der Waals surface area contributed by atoms with Crippen LogP contribution < -0.4 is 0 Å². The summed E-state index contributed by atoms with van der Waals surface area (Å²) >= 11 is 0. The Bertz CT molecular complexity index is 183. The van der Waals surface area contributed by atoms with Gasteiger partial charge in [0.05, 0.1) is 6.42 Å². The largest absolute Gasteiger partial charge is 0.481 e. The SMILES string of the molecule is O=C(O)CCC(=O)CC(=O)O. The molecule has 0 bridgehead atoms. The molecule has 0 rings (SSSR count). The van der Waals surface area contributed by atoms with Crippen molar-refractivity contribution in [3.63, 3.8) is 0 Å². The molecule has 5 heteroatoms. The third kappa shape index (κ3) is 6.50. The number of hydrogen-bond acceptors (Lipinski definition) is 3. The average Bonchev–Trinajstić information content (AvgIpc) is 1.82. The van der Waals surface area contributed by atoms with Gasteiger partial charge in [0.15, 0.2) is 0 Å². The Labute approximate surface area is 62.6 Å². The zero-order valence-corrected chi connectivity index (χ0v) is 5.74. The normalized spacial score (nSPS) is 9.09. The standard InChI is InChI=1S/C6H8O5/c7-4(3-6(10)11)1-2-5(8)9/h1-3H2,(H,8,9)(H,10,11). The molecule has 5 nitrogen and oxygen atoms in total. The summed E-state index contributed by atoms with van der Waals surface area (Å²) in [6, 6.07) is 0. The Morgan fingerprint density at radius 1 is 0.909 bits per heavy atom. The Morgan fingerprint density at radius 2 is 1.45 bits per heavy atom. The molecule has 0 unspecified atom stereocenters. The van der Waals surface area contributed by atoms with Crippen LogP contribution in [0.2, 0.25) is 0 Å². The van der Waals surface area contributed by atoms with Crippen molar-refractivity contribution in [3.8, 4) is 0 Å². The molecule has 0 fully saturated rings. The van der Waals surface area contributed by atoms with Crippen molar-refractivity contribution in [3.05, 3.63) is 0 Å². The van der Waals surface area contributed by atoms with Gasteiger partial charge in [-0.1, -0.05) is 0 Å². The maximum atomic E-state index is 10.5. The number of carboxylic acids is 2. The second kappa shape index (κ2) is 4.43. The van der Waals surface area contributed by atoms with Gasteiger partial charge < -0.3 is 10.2 Å². The van der Waals surface area contributed by atoms with Crippen LogP contribution in [-0.4, -0.2) is 27.9 Å². The maximum absolute atomic E-state index is 10.5. The van der Waals surface area contributed by atoms with Crippen LogP contribution in [0.1, 0.15) is 19.3 Å². The maximum Gasteiger partial charge on any atom is 0.310 e. The first kappa shape index (κ1) is 9.61. The second-order valence-corrected chi connectivity index (χ2v) is 2.00. The van der Waals surface area contributed by atoms with E-state index in [1.54, 1.807) is 0 Å². The Balaban J connectivity index is 3.53. The van der Waals surface area contributed by atoms with Crippen LogP contribution >= 0.6 is 0 Å². The van der Waals surface area contributed by atoms with Crippen molar-refractivity contribution in [1.82, 2.24) is 0 Å². The first-order valence-corrected chi connectivity index (χ1v) is 2.97. The number of carboxylic acid groups (broad SMARTS) is 2. The number of hydrogen-bond donors (Lipinski definition) is 2. The van der Waals surface area contributed by atoms with E-state index in [-0.39, 0.29) is 12.8 Å². The quantitative estimate of drug-likeness (QED) is 0.547. The van der Waals surface area contributed by atoms with Crippen LogP contribution in [0.15, 0.2) is 0 Å². The third-order valence-electron chi connectivity index (χ3n) is 0.966. The van der Waals surface area contributed by atoms with Gasteiger partial charge in [-0.25, -0.2) is 0 Å². The smallest absolute Gasteiger partial charge is 0.310 e. The molecule has 0 saturated carbocycles. The van der Waals surface area contributed by atoms with Crippen molar-refractivity contribution >= 4 is 17.7 Å². The molecule has 11 heavy (non-hydrogen) atoms. The van der Waals surface area contributed by atoms with Crippen molar-refractivity contribution in [2.45, 2.75) is 19.3 Å². The van der Waals surface area contributed by atoms with Gasteiger partial charge in [-0.05, 0) is 0 Å². The van der Waals surface area contributed by atoms with Gasteiger partial charge in [-0.2, -0.15) is 0 Å². The highest BCUT2D eigenvalue weighted by Gasteiger charge is 2.08. The third-order valence-corrected chi connectivity index (χ3v) is 0.966. The van der Waals surface area contributed by atoms with Crippen molar-refractivity contribution in [1.29, 1.82) is 0 Å². The van der Waals surface area contributed by atoms with E-state index in [9.17, 15) is 14.4 Å². The van der Waals surface area contributed by atoms with Crippen LogP contribution in [0.25, 0.3) is 0 Å². The molecule has 0 aliphatic carbocycles. The monoisotopic (exact) mass is 160 g/mol. The molecule has 62 valence electrons. The molecule has 0 saturated heterocycles. The first-order chi connectivity index (χ1) is 5.02. The average molecular weight is 160 g/mol. The van der Waals surface area contributed by atoms with E-state index in [0.29, 0.717) is 0 Å². The van der Waals surface area contributed by atoms with E-state index < -0.39 is 24.1 Å². The van der Waals surface area contributed by atoms with E-state index in [1.807, 2.05) is 0 Å². The highest BCUT2D eigenvalue weighted by molar-refractivity contribution is 5.95. The fraction of sp³-hybridized carbons (Fsp3) is 0.500. The van der Waals surface area contributed by atoms with E-state index >= 15 is 0 Å². The lowest BCUT2D eigenvalue weighted by atomic mass is 10.2. The molecule has 0 amide bonds. The molecule has 0 aliphatic rings. The first-order valence-electron chi connectivity index (χ1n) is 2.97. The van der Waals surface area contributed by atoms with Gasteiger partial charge in [0.1, 0.15) is 12.2 Å². The van der Waals surface area contributed by atoms with E-state index in [2.05, 4.69) is 0 Å². The molecular formula is C6H8O5. The van der Waals surface area contributed by atoms with Crippen molar-refractivity contribution < 1.29 is 24.6 Å². The second-order valence-electron chi connectivity index (χ2n) is 2.00. The zero-order valence-electron chi connectivity index (χ0n) is 5.74. The highest BCUT2D eigenvalue weighted by atomic mass is 16.4. The summed E-state index contributed by atoms with van der Waals surface area (Å²) in [5.41, 5.74) is 0. The summed E-state index contributed by atoms with van der Waals surface area (Å²) in [6.45, 7) is 0. The summed E-state index contributed by atoms with van der Waals surface area (Å²) in [6.07, 6.45) is -1.10.